The summed E-state index contributed by atoms with van der Waals surface area (Å²) in [5, 5.41) is 2.58. The molecule has 1 rings (SSSR count). The molecule has 0 radical (unpaired) electrons. The van der Waals surface area contributed by atoms with Crippen LogP contribution in [0.2, 0.25) is 0 Å². The normalized spacial score (nSPS) is 11.2. The Morgan fingerprint density at radius 3 is 2.25 bits per heavy atom. The van der Waals surface area contributed by atoms with Crippen LogP contribution in [0.4, 0.5) is 13.2 Å². The molecule has 0 fully saturated rings. The third kappa shape index (κ3) is 3.66. The lowest BCUT2D eigenvalue weighted by molar-refractivity contribution is -0.137. The molecule has 0 saturated carbocycles. The van der Waals surface area contributed by atoms with Gasteiger partial charge in [0.15, 0.2) is 0 Å². The molecule has 1 amide bonds. The van der Waals surface area contributed by atoms with E-state index in [2.05, 4.69) is 27.9 Å². The van der Waals surface area contributed by atoms with Gasteiger partial charge in [-0.25, -0.2) is 0 Å². The number of nitrogens with one attached hydrogen (secondary N) is 1. The molecule has 0 spiro atoms. The molecular weight excluding hydrogens is 334 g/mol. The number of carbonyl (C=O) groups excluding carboxylic acids is 1. The smallest absolute Gasteiger partial charge is 0.351 e. The van der Waals surface area contributed by atoms with Crippen LogP contribution in [-0.4, -0.2) is 16.9 Å². The van der Waals surface area contributed by atoms with E-state index < -0.39 is 11.7 Å². The molecule has 1 aromatic rings. The summed E-state index contributed by atoms with van der Waals surface area (Å²) in [5.41, 5.74) is -0.518. The molecule has 6 heteroatoms. The molecule has 88 valence electrons. The minimum absolute atomic E-state index is 0.234. The Balaban J connectivity index is 2.75. The number of hydrogen-bond acceptors (Lipinski definition) is 1. The Bertz CT molecular complexity index is 361. The maximum Gasteiger partial charge on any atom is 0.416 e. The Hall–Kier alpha value is -0.790. The molecule has 0 heterocycles. The van der Waals surface area contributed by atoms with Crippen LogP contribution in [0.5, 0.6) is 0 Å². The molecule has 0 atom stereocenters. The van der Waals surface area contributed by atoms with Crippen LogP contribution >= 0.6 is 22.6 Å². The maximum atomic E-state index is 12.2. The van der Waals surface area contributed by atoms with Gasteiger partial charge in [0.25, 0.3) is 5.91 Å². The van der Waals surface area contributed by atoms with E-state index in [1.807, 2.05) is 0 Å². The van der Waals surface area contributed by atoms with Gasteiger partial charge in [0, 0.05) is 16.5 Å². The summed E-state index contributed by atoms with van der Waals surface area (Å²) in [6.07, 6.45) is -4.36. The quantitative estimate of drug-likeness (QED) is 0.664. The highest BCUT2D eigenvalue weighted by Crippen LogP contribution is 2.28. The molecule has 0 aliphatic heterocycles. The summed E-state index contributed by atoms with van der Waals surface area (Å²) in [6, 6.07) is 4.15. The average Bonchev–Trinajstić information content (AvgIpc) is 2.25. The van der Waals surface area contributed by atoms with Gasteiger partial charge in [-0.2, -0.15) is 13.2 Å². The third-order valence-corrected chi connectivity index (χ3v) is 2.39. The van der Waals surface area contributed by atoms with Crippen molar-refractivity contribution in [2.24, 2.45) is 0 Å². The highest BCUT2D eigenvalue weighted by atomic mass is 127. The van der Waals surface area contributed by atoms with Crippen molar-refractivity contribution < 1.29 is 18.0 Å². The lowest BCUT2D eigenvalue weighted by Gasteiger charge is -2.07. The fourth-order valence-electron chi connectivity index (χ4n) is 1.07. The second-order valence-corrected chi connectivity index (χ2v) is 4.10. The van der Waals surface area contributed by atoms with Gasteiger partial charge in [-0.15, -0.1) is 0 Å². The van der Waals surface area contributed by atoms with Gasteiger partial charge in [-0.3, -0.25) is 4.79 Å². The lowest BCUT2D eigenvalue weighted by atomic mass is 10.1. The Morgan fingerprint density at radius 1 is 1.25 bits per heavy atom. The second kappa shape index (κ2) is 5.51. The number of alkyl halides is 4. The summed E-state index contributed by atoms with van der Waals surface area (Å²) in [6.45, 7) is 0.500. The van der Waals surface area contributed by atoms with Crippen LogP contribution in [0.15, 0.2) is 24.3 Å². The first-order chi connectivity index (χ1) is 7.45. The van der Waals surface area contributed by atoms with Crippen molar-refractivity contribution in [1.82, 2.24) is 5.32 Å². The van der Waals surface area contributed by atoms with Crippen LogP contribution < -0.4 is 5.32 Å². The van der Waals surface area contributed by atoms with E-state index in [-0.39, 0.29) is 11.5 Å². The maximum absolute atomic E-state index is 12.2. The zero-order chi connectivity index (χ0) is 12.2. The first kappa shape index (κ1) is 13.3. The summed E-state index contributed by atoms with van der Waals surface area (Å²) in [5.74, 6) is -0.356. The molecule has 0 unspecified atom stereocenters. The number of benzene rings is 1. The van der Waals surface area contributed by atoms with Crippen molar-refractivity contribution in [2.75, 3.05) is 11.0 Å². The number of hydrogen-bond donors (Lipinski definition) is 1. The summed E-state index contributed by atoms with van der Waals surface area (Å²) < 4.78 is 37.4. The van der Waals surface area contributed by atoms with Crippen LogP contribution in [0.3, 0.4) is 0 Å². The van der Waals surface area contributed by atoms with Crippen molar-refractivity contribution in [2.45, 2.75) is 6.18 Å². The highest BCUT2D eigenvalue weighted by molar-refractivity contribution is 14.1. The SMILES string of the molecule is O=C(NCCI)c1ccc(C(F)(F)F)cc1. The van der Waals surface area contributed by atoms with Crippen molar-refractivity contribution in [3.8, 4) is 0 Å². The van der Waals surface area contributed by atoms with E-state index in [4.69, 9.17) is 0 Å². The van der Waals surface area contributed by atoms with Gasteiger partial charge in [0.2, 0.25) is 0 Å². The standard InChI is InChI=1S/C10H9F3INO/c11-10(12,13)8-3-1-7(2-4-8)9(16)15-6-5-14/h1-4H,5-6H2,(H,15,16). The zero-order valence-electron chi connectivity index (χ0n) is 8.14. The minimum atomic E-state index is -4.36. The van der Waals surface area contributed by atoms with Gasteiger partial charge in [-0.05, 0) is 24.3 Å². The number of rotatable bonds is 3. The number of amides is 1. The third-order valence-electron chi connectivity index (χ3n) is 1.85. The van der Waals surface area contributed by atoms with E-state index >= 15 is 0 Å². The van der Waals surface area contributed by atoms with E-state index in [0.717, 1.165) is 16.6 Å². The predicted molar refractivity (Wildman–Crippen MR) is 62.7 cm³/mol. The first-order valence-electron chi connectivity index (χ1n) is 4.46. The molecule has 0 aliphatic carbocycles. The molecule has 0 bridgehead atoms. The summed E-state index contributed by atoms with van der Waals surface area (Å²) in [7, 11) is 0. The van der Waals surface area contributed by atoms with Gasteiger partial charge in [0.05, 0.1) is 5.56 Å². The van der Waals surface area contributed by atoms with E-state index in [1.54, 1.807) is 0 Å². The van der Waals surface area contributed by atoms with Crippen LogP contribution in [-0.2, 0) is 6.18 Å². The van der Waals surface area contributed by atoms with Crippen LogP contribution in [0.25, 0.3) is 0 Å². The minimum Gasteiger partial charge on any atom is -0.351 e. The predicted octanol–water partition coefficient (Wildman–Crippen LogP) is 2.87. The Morgan fingerprint density at radius 2 is 1.81 bits per heavy atom. The molecular formula is C10H9F3INO. The van der Waals surface area contributed by atoms with E-state index in [0.29, 0.717) is 6.54 Å². The van der Waals surface area contributed by atoms with E-state index in [9.17, 15) is 18.0 Å². The zero-order valence-corrected chi connectivity index (χ0v) is 10.3. The lowest BCUT2D eigenvalue weighted by Crippen LogP contribution is -2.25. The monoisotopic (exact) mass is 343 g/mol. The fraction of sp³-hybridized carbons (Fsp3) is 0.300. The highest BCUT2D eigenvalue weighted by Gasteiger charge is 2.30. The fourth-order valence-corrected chi connectivity index (χ4v) is 1.34. The molecule has 2 nitrogen and oxygen atoms in total. The molecule has 0 saturated heterocycles. The average molecular weight is 343 g/mol. The molecule has 1 aromatic carbocycles. The van der Waals surface area contributed by atoms with Gasteiger partial charge < -0.3 is 5.32 Å². The molecule has 16 heavy (non-hydrogen) atoms. The molecule has 0 aliphatic rings. The van der Waals surface area contributed by atoms with Crippen LogP contribution in [0, 0.1) is 0 Å². The molecule has 1 N–H and O–H groups in total. The topological polar surface area (TPSA) is 29.1 Å². The van der Waals surface area contributed by atoms with Gasteiger partial charge in [-0.1, -0.05) is 22.6 Å². The van der Waals surface area contributed by atoms with Crippen molar-refractivity contribution in [3.05, 3.63) is 35.4 Å². The van der Waals surface area contributed by atoms with Gasteiger partial charge >= 0.3 is 6.18 Å². The summed E-state index contributed by atoms with van der Waals surface area (Å²) >= 11 is 2.09. The van der Waals surface area contributed by atoms with Gasteiger partial charge in [0.1, 0.15) is 0 Å². The second-order valence-electron chi connectivity index (χ2n) is 3.02. The van der Waals surface area contributed by atoms with Crippen molar-refractivity contribution in [1.29, 1.82) is 0 Å². The van der Waals surface area contributed by atoms with E-state index in [1.165, 1.54) is 12.1 Å². The Kier molecular flexibility index (Phi) is 4.57. The summed E-state index contributed by atoms with van der Waals surface area (Å²) in [4.78, 5) is 11.4. The largest absolute Gasteiger partial charge is 0.416 e. The van der Waals surface area contributed by atoms with Crippen LogP contribution in [0.1, 0.15) is 15.9 Å². The van der Waals surface area contributed by atoms with Crippen molar-refractivity contribution in [3.63, 3.8) is 0 Å². The molecule has 0 aromatic heterocycles. The first-order valence-corrected chi connectivity index (χ1v) is 5.99. The number of halogens is 4. The number of carbonyl (C=O) groups is 1. The van der Waals surface area contributed by atoms with Crippen molar-refractivity contribution >= 4 is 28.5 Å². The Labute approximate surface area is 104 Å².